The van der Waals surface area contributed by atoms with Crippen LogP contribution in [0.2, 0.25) is 0 Å². The molecule has 1 aromatic heterocycles. The molecule has 1 amide bonds. The van der Waals surface area contributed by atoms with Crippen LogP contribution >= 0.6 is 11.8 Å². The van der Waals surface area contributed by atoms with E-state index in [4.69, 9.17) is 0 Å². The van der Waals surface area contributed by atoms with Crippen LogP contribution in [0.5, 0.6) is 0 Å². The zero-order valence-electron chi connectivity index (χ0n) is 12.1. The van der Waals surface area contributed by atoms with Gasteiger partial charge in [-0.15, -0.1) is 5.10 Å². The van der Waals surface area contributed by atoms with Crippen LogP contribution < -0.4 is 4.90 Å². The summed E-state index contributed by atoms with van der Waals surface area (Å²) in [6.45, 7) is 0.751. The van der Waals surface area contributed by atoms with Crippen molar-refractivity contribution in [1.29, 1.82) is 0 Å². The summed E-state index contributed by atoms with van der Waals surface area (Å²) in [6, 6.07) is 7.17. The Hall–Kier alpha value is -2.22. The van der Waals surface area contributed by atoms with Gasteiger partial charge in [-0.25, -0.2) is 4.68 Å². The number of aromatic nitrogens is 4. The number of tetrazole rings is 1. The highest BCUT2D eigenvalue weighted by molar-refractivity contribution is 7.99. The van der Waals surface area contributed by atoms with Gasteiger partial charge in [-0.05, 0) is 41.1 Å². The molecule has 0 N–H and O–H groups in total. The van der Waals surface area contributed by atoms with Crippen molar-refractivity contribution in [2.24, 2.45) is 7.05 Å². The van der Waals surface area contributed by atoms with Crippen molar-refractivity contribution in [2.45, 2.75) is 18.0 Å². The molecular weight excluding hydrogens is 302 g/mol. The molecule has 1 fully saturated rings. The van der Waals surface area contributed by atoms with Crippen LogP contribution in [0.25, 0.3) is 0 Å². The van der Waals surface area contributed by atoms with Gasteiger partial charge in [0.05, 0.1) is 5.75 Å². The SMILES string of the molecule is Cn1nnnc1SCC(=O)c1ccc(N2CCCC2=O)cc1. The number of benzene rings is 1. The summed E-state index contributed by atoms with van der Waals surface area (Å²) in [7, 11) is 1.73. The average molecular weight is 317 g/mol. The number of nitrogens with zero attached hydrogens (tertiary/aromatic N) is 5. The van der Waals surface area contributed by atoms with Crippen molar-refractivity contribution >= 4 is 29.1 Å². The third-order valence-corrected chi connectivity index (χ3v) is 4.50. The predicted molar refractivity (Wildman–Crippen MR) is 81.9 cm³/mol. The molecule has 8 heteroatoms. The van der Waals surface area contributed by atoms with Gasteiger partial charge >= 0.3 is 0 Å². The second kappa shape index (κ2) is 6.27. The van der Waals surface area contributed by atoms with Crippen molar-refractivity contribution in [2.75, 3.05) is 17.2 Å². The summed E-state index contributed by atoms with van der Waals surface area (Å²) >= 11 is 1.30. The third-order valence-electron chi connectivity index (χ3n) is 3.49. The third kappa shape index (κ3) is 3.01. The van der Waals surface area contributed by atoms with Gasteiger partial charge in [0.25, 0.3) is 0 Å². The van der Waals surface area contributed by atoms with Crippen molar-refractivity contribution in [3.8, 4) is 0 Å². The lowest BCUT2D eigenvalue weighted by Crippen LogP contribution is -2.23. The van der Waals surface area contributed by atoms with Crippen LogP contribution in [0.4, 0.5) is 5.69 Å². The zero-order chi connectivity index (χ0) is 15.5. The van der Waals surface area contributed by atoms with E-state index in [1.165, 1.54) is 16.4 Å². The van der Waals surface area contributed by atoms with E-state index in [-0.39, 0.29) is 17.4 Å². The molecular formula is C14H15N5O2S. The molecule has 7 nitrogen and oxygen atoms in total. The van der Waals surface area contributed by atoms with E-state index < -0.39 is 0 Å². The first-order valence-electron chi connectivity index (χ1n) is 6.94. The highest BCUT2D eigenvalue weighted by Crippen LogP contribution is 2.22. The number of amides is 1. The fraction of sp³-hybridized carbons (Fsp3) is 0.357. The summed E-state index contributed by atoms with van der Waals surface area (Å²) in [6.07, 6.45) is 1.49. The highest BCUT2D eigenvalue weighted by atomic mass is 32.2. The Labute approximate surface area is 131 Å². The van der Waals surface area contributed by atoms with E-state index in [0.29, 0.717) is 17.1 Å². The van der Waals surface area contributed by atoms with Crippen molar-refractivity contribution < 1.29 is 9.59 Å². The van der Waals surface area contributed by atoms with E-state index in [2.05, 4.69) is 15.5 Å². The van der Waals surface area contributed by atoms with Crippen LogP contribution in [0.3, 0.4) is 0 Å². The number of anilines is 1. The lowest BCUT2D eigenvalue weighted by Gasteiger charge is -2.15. The molecule has 2 heterocycles. The Morgan fingerprint density at radius 3 is 2.68 bits per heavy atom. The standard InChI is InChI=1S/C14H15N5O2S/c1-18-14(15-16-17-18)22-9-12(20)10-4-6-11(7-5-10)19-8-2-3-13(19)21/h4-7H,2-3,8-9H2,1H3. The van der Waals surface area contributed by atoms with Gasteiger partial charge in [0.15, 0.2) is 5.78 Å². The van der Waals surface area contributed by atoms with Crippen LogP contribution in [0.15, 0.2) is 29.4 Å². The Bertz CT molecular complexity index is 698. The number of rotatable bonds is 5. The summed E-state index contributed by atoms with van der Waals surface area (Å²) in [5, 5.41) is 11.7. The molecule has 1 aliphatic rings. The summed E-state index contributed by atoms with van der Waals surface area (Å²) in [4.78, 5) is 25.6. The maximum Gasteiger partial charge on any atom is 0.227 e. The van der Waals surface area contributed by atoms with Crippen LogP contribution in [0.1, 0.15) is 23.2 Å². The maximum atomic E-state index is 12.2. The van der Waals surface area contributed by atoms with Crippen molar-refractivity contribution in [1.82, 2.24) is 20.2 Å². The zero-order valence-corrected chi connectivity index (χ0v) is 12.9. The molecule has 1 saturated heterocycles. The number of aryl methyl sites for hydroxylation is 1. The molecule has 0 bridgehead atoms. The minimum Gasteiger partial charge on any atom is -0.312 e. The molecule has 3 rings (SSSR count). The van der Waals surface area contributed by atoms with E-state index >= 15 is 0 Å². The smallest absolute Gasteiger partial charge is 0.227 e. The summed E-state index contributed by atoms with van der Waals surface area (Å²) < 4.78 is 1.53. The van der Waals surface area contributed by atoms with Gasteiger partial charge in [0.1, 0.15) is 0 Å². The second-order valence-corrected chi connectivity index (χ2v) is 5.94. The van der Waals surface area contributed by atoms with Crippen LogP contribution in [-0.2, 0) is 11.8 Å². The second-order valence-electron chi connectivity index (χ2n) is 4.99. The van der Waals surface area contributed by atoms with Crippen molar-refractivity contribution in [3.63, 3.8) is 0 Å². The number of carbonyl (C=O) groups excluding carboxylic acids is 2. The molecule has 0 spiro atoms. The van der Waals surface area contributed by atoms with Gasteiger partial charge in [-0.1, -0.05) is 11.8 Å². The minimum absolute atomic E-state index is 0.00676. The molecule has 0 radical (unpaired) electrons. The van der Waals surface area contributed by atoms with Crippen molar-refractivity contribution in [3.05, 3.63) is 29.8 Å². The molecule has 1 aliphatic heterocycles. The van der Waals surface area contributed by atoms with Gasteiger partial charge in [-0.3, -0.25) is 9.59 Å². The molecule has 0 atom stereocenters. The molecule has 0 aliphatic carbocycles. The molecule has 0 saturated carbocycles. The molecule has 0 unspecified atom stereocenters. The first kappa shape index (κ1) is 14.7. The Balaban J connectivity index is 1.63. The number of ketones is 1. The first-order chi connectivity index (χ1) is 10.6. The van der Waals surface area contributed by atoms with Crippen LogP contribution in [0, 0.1) is 0 Å². The topological polar surface area (TPSA) is 81.0 Å². The Morgan fingerprint density at radius 1 is 1.32 bits per heavy atom. The average Bonchev–Trinajstić information content (AvgIpc) is 3.13. The Kier molecular flexibility index (Phi) is 4.19. The van der Waals surface area contributed by atoms with Crippen LogP contribution in [-0.4, -0.2) is 44.2 Å². The monoisotopic (exact) mass is 317 g/mol. The van der Waals surface area contributed by atoms with Gasteiger partial charge in [0, 0.05) is 31.3 Å². The fourth-order valence-corrected chi connectivity index (χ4v) is 3.05. The van der Waals surface area contributed by atoms with E-state index in [9.17, 15) is 9.59 Å². The van der Waals surface area contributed by atoms with E-state index in [1.807, 2.05) is 12.1 Å². The molecule has 114 valence electrons. The Morgan fingerprint density at radius 2 is 2.09 bits per heavy atom. The number of thioether (sulfide) groups is 1. The van der Waals surface area contributed by atoms with Gasteiger partial charge < -0.3 is 4.90 Å². The largest absolute Gasteiger partial charge is 0.312 e. The first-order valence-corrected chi connectivity index (χ1v) is 7.92. The number of hydrogen-bond acceptors (Lipinski definition) is 6. The fourth-order valence-electron chi connectivity index (χ4n) is 2.31. The summed E-state index contributed by atoms with van der Waals surface area (Å²) in [5.41, 5.74) is 1.47. The molecule has 22 heavy (non-hydrogen) atoms. The molecule has 2 aromatic rings. The maximum absolute atomic E-state index is 12.2. The number of hydrogen-bond donors (Lipinski definition) is 0. The minimum atomic E-state index is 0.00676. The lowest BCUT2D eigenvalue weighted by molar-refractivity contribution is -0.117. The quantitative estimate of drug-likeness (QED) is 0.611. The van der Waals surface area contributed by atoms with E-state index in [1.54, 1.807) is 24.1 Å². The predicted octanol–water partition coefficient (Wildman–Crippen LogP) is 1.31. The number of Topliss-reactive ketones (excluding diaryl/α,β-unsaturated/α-hetero) is 1. The normalized spacial score (nSPS) is 14.6. The van der Waals surface area contributed by atoms with Gasteiger partial charge in [-0.2, -0.15) is 0 Å². The van der Waals surface area contributed by atoms with Gasteiger partial charge in [0.2, 0.25) is 11.1 Å². The summed E-state index contributed by atoms with van der Waals surface area (Å²) in [5.74, 6) is 0.424. The lowest BCUT2D eigenvalue weighted by atomic mass is 10.1. The van der Waals surface area contributed by atoms with E-state index in [0.717, 1.165) is 18.7 Å². The molecule has 1 aromatic carbocycles. The highest BCUT2D eigenvalue weighted by Gasteiger charge is 2.21. The number of carbonyl (C=O) groups is 2.